The van der Waals surface area contributed by atoms with Crippen LogP contribution in [0.25, 0.3) is 11.2 Å². The van der Waals surface area contributed by atoms with Crippen LogP contribution in [-0.4, -0.2) is 149 Å². The number of aliphatic hydroxyl groups excluding tert-OH is 1. The Hall–Kier alpha value is -4.33. The number of Topliss-reactive ketones (excluding diaryl/α,β-unsaturated/α-hetero) is 1. The lowest BCUT2D eigenvalue weighted by Gasteiger charge is -2.22. The van der Waals surface area contributed by atoms with Crippen LogP contribution in [0.3, 0.4) is 0 Å². The molecular weight excluding hydrogens is 999 g/mol. The first-order chi connectivity index (χ1) is 30.5. The molecule has 9 unspecified atom stereocenters. The van der Waals surface area contributed by atoms with Crippen LogP contribution in [0.4, 0.5) is 10.7 Å². The fourth-order valence-electron chi connectivity index (χ4n) is 5.74. The van der Waals surface area contributed by atoms with Gasteiger partial charge in [0.1, 0.15) is 24.5 Å². The molecule has 31 nitrogen and oxygen atoms in total. The molecule has 12 N–H and O–H groups in total. The van der Waals surface area contributed by atoms with Crippen molar-refractivity contribution in [2.45, 2.75) is 89.0 Å². The maximum Gasteiger partial charge on any atom is 0.490 e. The molecule has 0 saturated carbocycles. The predicted molar refractivity (Wildman–Crippen MR) is 221 cm³/mol. The van der Waals surface area contributed by atoms with Gasteiger partial charge in [0, 0.05) is 31.3 Å². The number of amides is 2. The number of carbonyl (C=O) groups excluding carboxylic acids is 4. The third-order valence-corrected chi connectivity index (χ3v) is 15.0. The van der Waals surface area contributed by atoms with E-state index in [0.29, 0.717) is 10.3 Å². The van der Waals surface area contributed by atoms with Gasteiger partial charge in [-0.05, 0) is 19.8 Å². The Balaban J connectivity index is 1.54. The maximum absolute atomic E-state index is 13.3. The number of imidazole rings is 1. The van der Waals surface area contributed by atoms with E-state index in [9.17, 15) is 77.2 Å². The number of aliphatic hydroxyl groups is 1. The molecule has 0 bridgehead atoms. The molecule has 1 aliphatic heterocycles. The molecule has 0 aliphatic carbocycles. The van der Waals surface area contributed by atoms with Gasteiger partial charge >= 0.3 is 47.5 Å². The molecule has 2 amide bonds. The van der Waals surface area contributed by atoms with Gasteiger partial charge in [0.05, 0.1) is 43.8 Å². The van der Waals surface area contributed by atoms with Gasteiger partial charge < -0.3 is 65.8 Å². The Morgan fingerprint density at radius 3 is 2.20 bits per heavy atom. The van der Waals surface area contributed by atoms with E-state index in [-0.39, 0.29) is 30.7 Å². The van der Waals surface area contributed by atoms with E-state index in [4.69, 9.17) is 30.1 Å². The Morgan fingerprint density at radius 1 is 0.955 bits per heavy atom. The molecule has 0 aromatic carbocycles. The molecule has 3 rings (SSSR count). The third kappa shape index (κ3) is 17.7. The number of nitrogens with zero attached hydrogens (tertiary/aromatic N) is 4. The minimum atomic E-state index is -5.81. The molecular formula is C30H44N7O24P3S2. The average molecular weight is 1040 g/mol. The second-order valence-electron chi connectivity index (χ2n) is 13.9. The summed E-state index contributed by atoms with van der Waals surface area (Å²) >= 11 is 0. The highest BCUT2D eigenvalue weighted by Gasteiger charge is 2.43. The number of hydrogen-bond donors (Lipinski definition) is 11. The van der Waals surface area contributed by atoms with Gasteiger partial charge in [-0.1, -0.05) is 21.6 Å². The summed E-state index contributed by atoms with van der Waals surface area (Å²) < 4.78 is 58.7. The summed E-state index contributed by atoms with van der Waals surface area (Å²) in [6.45, 7) is 1.61. The summed E-state index contributed by atoms with van der Waals surface area (Å²) in [7, 11) is -14.5. The number of hydrogen-bond acceptors (Lipinski definition) is 22. The summed E-state index contributed by atoms with van der Waals surface area (Å²) in [6, 6.07) is -2.98. The zero-order valence-electron chi connectivity index (χ0n) is 34.1. The number of phosphoric acid groups is 3. The molecule has 66 heavy (non-hydrogen) atoms. The zero-order valence-corrected chi connectivity index (χ0v) is 38.4. The number of nitrogen functional groups attached to an aromatic ring is 1. The van der Waals surface area contributed by atoms with Crippen molar-refractivity contribution in [3.63, 3.8) is 0 Å². The van der Waals surface area contributed by atoms with Crippen LogP contribution in [0, 0.1) is 5.92 Å². The van der Waals surface area contributed by atoms with Crippen molar-refractivity contribution in [3.8, 4) is 0 Å². The molecule has 2 aromatic rings. The largest absolute Gasteiger partial charge is 0.490 e. The lowest BCUT2D eigenvalue weighted by molar-refractivity contribution is -0.150. The van der Waals surface area contributed by atoms with Crippen LogP contribution in [0.15, 0.2) is 11.1 Å². The van der Waals surface area contributed by atoms with E-state index >= 15 is 0 Å². The predicted octanol–water partition coefficient (Wildman–Crippen LogP) is -0.699. The number of anilines is 1. The van der Waals surface area contributed by atoms with Gasteiger partial charge in [0.25, 0.3) is 5.56 Å². The van der Waals surface area contributed by atoms with Crippen LogP contribution >= 0.6 is 45.1 Å². The van der Waals surface area contributed by atoms with Crippen molar-refractivity contribution < 1.29 is 110 Å². The highest BCUT2D eigenvalue weighted by molar-refractivity contribution is 8.76. The summed E-state index contributed by atoms with van der Waals surface area (Å²) in [6.07, 6.45) is -7.92. The summed E-state index contributed by atoms with van der Waals surface area (Å²) in [4.78, 5) is 142. The van der Waals surface area contributed by atoms with Crippen molar-refractivity contribution in [2.75, 3.05) is 23.8 Å². The smallest absolute Gasteiger partial charge is 0.481 e. The molecule has 370 valence electrons. The highest BCUT2D eigenvalue weighted by Crippen LogP contribution is 2.66. The van der Waals surface area contributed by atoms with Gasteiger partial charge in [-0.25, -0.2) is 23.5 Å². The van der Waals surface area contributed by atoms with Crippen LogP contribution in [0.2, 0.25) is 0 Å². The number of aliphatic carboxylic acids is 3. The topological polar surface area (TPSA) is 481 Å². The van der Waals surface area contributed by atoms with Crippen LogP contribution in [-0.2, 0) is 65.1 Å². The Labute approximate surface area is 377 Å². The second-order valence-corrected chi connectivity index (χ2v) is 21.0. The lowest BCUT2D eigenvalue weighted by Crippen LogP contribution is -2.52. The van der Waals surface area contributed by atoms with Gasteiger partial charge in [-0.3, -0.25) is 42.7 Å². The SMILES string of the molecule is CC(=O)NC(CCCSSCC(C)OC(=O)n1c(N)nc2c(ncn2C2CC(O)C(COP(=O)(O)OP(=O)(O)OP(=O)(O)O)O2)c1=O)C(=O)NC(CC(=O)O)C(=O)CC(CC(=O)O)C(=O)O. The van der Waals surface area contributed by atoms with Crippen molar-refractivity contribution >= 4 is 104 Å². The number of phosphoric ester groups is 1. The maximum atomic E-state index is 13.3. The minimum absolute atomic E-state index is 0.00905. The molecule has 1 fully saturated rings. The highest BCUT2D eigenvalue weighted by atomic mass is 33.1. The third-order valence-electron chi connectivity index (χ3n) is 8.54. The zero-order chi connectivity index (χ0) is 49.9. The van der Waals surface area contributed by atoms with Crippen molar-refractivity contribution in [1.29, 1.82) is 0 Å². The van der Waals surface area contributed by atoms with Crippen LogP contribution in [0.1, 0.15) is 58.6 Å². The normalized spacial score (nSPS) is 20.0. The molecule has 1 saturated heterocycles. The molecule has 2 aromatic heterocycles. The molecule has 3 heterocycles. The number of fused-ring (bicyclic) bond motifs is 1. The van der Waals surface area contributed by atoms with Gasteiger partial charge in [-0.2, -0.15) is 18.2 Å². The number of nitrogens with one attached hydrogen (secondary N) is 2. The fraction of sp³-hybridized carbons (Fsp3) is 0.600. The van der Waals surface area contributed by atoms with Crippen molar-refractivity contribution in [1.82, 2.24) is 29.7 Å². The van der Waals surface area contributed by atoms with E-state index < -0.39 is 151 Å². The number of rotatable bonds is 27. The van der Waals surface area contributed by atoms with Crippen LogP contribution < -0.4 is 21.9 Å². The minimum Gasteiger partial charge on any atom is -0.481 e. The Morgan fingerprint density at radius 2 is 1.61 bits per heavy atom. The first kappa shape index (κ1) is 56.0. The summed E-state index contributed by atoms with van der Waals surface area (Å²) in [5.74, 6) is -9.14. The first-order valence-electron chi connectivity index (χ1n) is 18.6. The monoisotopic (exact) mass is 1040 g/mol. The van der Waals surface area contributed by atoms with E-state index in [1.807, 2.05) is 0 Å². The lowest BCUT2D eigenvalue weighted by atomic mass is 9.94. The first-order valence-corrected chi connectivity index (χ1v) is 25.6. The molecule has 9 atom stereocenters. The number of carboxylic acids is 3. The quantitative estimate of drug-likeness (QED) is 0.0299. The molecule has 0 radical (unpaired) electrons. The van der Waals surface area contributed by atoms with E-state index in [1.54, 1.807) is 0 Å². The van der Waals surface area contributed by atoms with Crippen molar-refractivity contribution in [2.24, 2.45) is 5.92 Å². The molecule has 0 spiro atoms. The standard InChI is InChI=1S/C30H44N7O24P3S2/c1-13(11-66-65-5-3-4-16(33-14(2)38)26(45)34-17(8-23(43)44)18(39)6-15(28(47)48)7-22(41)42)58-30(49)37-27(46)24-25(35-29(37)31)36(12-32-24)21-9-19(40)20(59-21)10-57-63(53,54)61-64(55,56)60-62(50,51)52/h12-13,15-17,19-21,40H,3-11H2,1-2H3,(H2,31,35)(H,33,38)(H,34,45)(H,41,42)(H,43,44)(H,47,48)(H,53,54)(H,55,56)(H2,50,51,52). The number of carboxylic acid groups (broad SMARTS) is 3. The van der Waals surface area contributed by atoms with E-state index in [2.05, 4.69) is 33.7 Å². The number of ketones is 1. The van der Waals surface area contributed by atoms with E-state index in [0.717, 1.165) is 17.8 Å². The Bertz CT molecular complexity index is 2360. The second kappa shape index (κ2) is 24.1. The van der Waals surface area contributed by atoms with Gasteiger partial charge in [-0.15, -0.1) is 0 Å². The number of nitrogens with two attached hydrogens (primary N) is 1. The molecule has 36 heteroatoms. The van der Waals surface area contributed by atoms with Crippen molar-refractivity contribution in [3.05, 3.63) is 16.7 Å². The molecule has 1 aliphatic rings. The average Bonchev–Trinajstić information content (AvgIpc) is 3.74. The number of ether oxygens (including phenoxy) is 2. The number of aromatic nitrogens is 4. The van der Waals surface area contributed by atoms with E-state index in [1.165, 1.54) is 28.5 Å². The fourth-order valence-corrected chi connectivity index (χ4v) is 11.1. The summed E-state index contributed by atoms with van der Waals surface area (Å²) in [5.41, 5.74) is 4.23. The Kier molecular flexibility index (Phi) is 20.4. The number of carbonyl (C=O) groups is 7. The summed E-state index contributed by atoms with van der Waals surface area (Å²) in [5, 5.41) is 42.6. The van der Waals surface area contributed by atoms with Gasteiger partial charge in [0.15, 0.2) is 16.9 Å². The van der Waals surface area contributed by atoms with Crippen LogP contribution in [0.5, 0.6) is 0 Å². The van der Waals surface area contributed by atoms with Gasteiger partial charge in [0.2, 0.25) is 17.8 Å².